The number of nitrogens with one attached hydrogen (secondary N) is 1. The van der Waals surface area contributed by atoms with Gasteiger partial charge in [0, 0.05) is 18.5 Å². The Labute approximate surface area is 135 Å². The van der Waals surface area contributed by atoms with Crippen LogP contribution in [0.25, 0.3) is 11.1 Å². The molecule has 118 valence electrons. The highest BCUT2D eigenvalue weighted by atomic mass is 16.3. The maximum atomic E-state index is 12.0. The molecule has 0 saturated carbocycles. The van der Waals surface area contributed by atoms with E-state index in [1.165, 1.54) is 11.1 Å². The number of anilines is 1. The fraction of sp³-hybridized carbons (Fsp3) is 0.263. The van der Waals surface area contributed by atoms with Crippen molar-refractivity contribution in [1.29, 1.82) is 0 Å². The number of aryl methyl sites for hydroxylation is 3. The highest BCUT2D eigenvalue weighted by Crippen LogP contribution is 2.17. The van der Waals surface area contributed by atoms with Crippen LogP contribution in [0.2, 0.25) is 0 Å². The van der Waals surface area contributed by atoms with Crippen LogP contribution < -0.4 is 5.32 Å². The van der Waals surface area contributed by atoms with E-state index in [1.807, 2.05) is 49.4 Å². The van der Waals surface area contributed by atoms with Gasteiger partial charge < -0.3 is 9.73 Å². The number of carbonyl (C=O) groups is 1. The van der Waals surface area contributed by atoms with Gasteiger partial charge in [-0.25, -0.2) is 4.98 Å². The van der Waals surface area contributed by atoms with Gasteiger partial charge in [0.1, 0.15) is 5.52 Å². The van der Waals surface area contributed by atoms with Gasteiger partial charge in [-0.15, -0.1) is 0 Å². The van der Waals surface area contributed by atoms with Crippen molar-refractivity contribution >= 4 is 22.7 Å². The predicted octanol–water partition coefficient (Wildman–Crippen LogP) is 4.41. The number of fused-ring (bicyclic) bond motifs is 1. The quantitative estimate of drug-likeness (QED) is 0.759. The summed E-state index contributed by atoms with van der Waals surface area (Å²) in [6.45, 7) is 4.10. The SMILES string of the molecule is Cc1ccc(NC(=O)CCCc2nc3ccccc3o2)cc1C. The largest absolute Gasteiger partial charge is 0.441 e. The first-order valence-electron chi connectivity index (χ1n) is 7.83. The van der Waals surface area contributed by atoms with Gasteiger partial charge in [-0.2, -0.15) is 0 Å². The van der Waals surface area contributed by atoms with Crippen LogP contribution >= 0.6 is 0 Å². The van der Waals surface area contributed by atoms with E-state index in [1.54, 1.807) is 0 Å². The number of para-hydroxylation sites is 2. The Morgan fingerprint density at radius 3 is 2.74 bits per heavy atom. The van der Waals surface area contributed by atoms with Crippen molar-refractivity contribution in [2.75, 3.05) is 5.32 Å². The van der Waals surface area contributed by atoms with Gasteiger partial charge in [0.05, 0.1) is 0 Å². The zero-order valence-corrected chi connectivity index (χ0v) is 13.4. The topological polar surface area (TPSA) is 55.1 Å². The molecular weight excluding hydrogens is 288 g/mol. The molecule has 1 heterocycles. The molecule has 0 spiro atoms. The van der Waals surface area contributed by atoms with Crippen LogP contribution in [0.15, 0.2) is 46.9 Å². The molecule has 1 amide bonds. The number of oxazole rings is 1. The molecule has 2 aromatic carbocycles. The summed E-state index contributed by atoms with van der Waals surface area (Å²) in [5, 5.41) is 2.93. The lowest BCUT2D eigenvalue weighted by Gasteiger charge is -2.07. The lowest BCUT2D eigenvalue weighted by molar-refractivity contribution is -0.116. The average molecular weight is 308 g/mol. The molecule has 0 aliphatic heterocycles. The fourth-order valence-electron chi connectivity index (χ4n) is 2.47. The summed E-state index contributed by atoms with van der Waals surface area (Å²) in [7, 11) is 0. The number of rotatable bonds is 5. The fourth-order valence-corrected chi connectivity index (χ4v) is 2.47. The summed E-state index contributed by atoms with van der Waals surface area (Å²) in [5.41, 5.74) is 4.90. The van der Waals surface area contributed by atoms with Gasteiger partial charge >= 0.3 is 0 Å². The van der Waals surface area contributed by atoms with Crippen LogP contribution in [0.1, 0.15) is 29.9 Å². The van der Waals surface area contributed by atoms with E-state index in [4.69, 9.17) is 4.42 Å². The molecule has 1 N–H and O–H groups in total. The van der Waals surface area contributed by atoms with Crippen molar-refractivity contribution in [2.24, 2.45) is 0 Å². The number of hydrogen-bond acceptors (Lipinski definition) is 3. The molecule has 3 aromatic rings. The van der Waals surface area contributed by atoms with Crippen LogP contribution in [-0.4, -0.2) is 10.9 Å². The highest BCUT2D eigenvalue weighted by Gasteiger charge is 2.07. The monoisotopic (exact) mass is 308 g/mol. The van der Waals surface area contributed by atoms with Crippen LogP contribution in [-0.2, 0) is 11.2 Å². The molecular formula is C19H20N2O2. The molecule has 0 atom stereocenters. The highest BCUT2D eigenvalue weighted by molar-refractivity contribution is 5.90. The molecule has 0 saturated heterocycles. The number of amides is 1. The number of hydrogen-bond donors (Lipinski definition) is 1. The van der Waals surface area contributed by atoms with Crippen LogP contribution in [0.4, 0.5) is 5.69 Å². The van der Waals surface area contributed by atoms with E-state index in [0.29, 0.717) is 25.2 Å². The van der Waals surface area contributed by atoms with E-state index in [2.05, 4.69) is 17.2 Å². The van der Waals surface area contributed by atoms with Crippen LogP contribution in [0.5, 0.6) is 0 Å². The first-order chi connectivity index (χ1) is 11.1. The third kappa shape index (κ3) is 3.77. The second-order valence-corrected chi connectivity index (χ2v) is 5.78. The molecule has 0 unspecified atom stereocenters. The molecule has 0 bridgehead atoms. The molecule has 3 rings (SSSR count). The van der Waals surface area contributed by atoms with Gasteiger partial charge in [0.15, 0.2) is 11.5 Å². The normalized spacial score (nSPS) is 10.9. The summed E-state index contributed by atoms with van der Waals surface area (Å²) in [5.74, 6) is 0.703. The van der Waals surface area contributed by atoms with Crippen molar-refractivity contribution in [3.63, 3.8) is 0 Å². The Morgan fingerprint density at radius 2 is 1.96 bits per heavy atom. The minimum Gasteiger partial charge on any atom is -0.441 e. The lowest BCUT2D eigenvalue weighted by atomic mass is 10.1. The lowest BCUT2D eigenvalue weighted by Crippen LogP contribution is -2.11. The summed E-state index contributed by atoms with van der Waals surface area (Å²) in [4.78, 5) is 16.4. The number of benzene rings is 2. The van der Waals surface area contributed by atoms with Crippen molar-refractivity contribution in [1.82, 2.24) is 4.98 Å². The van der Waals surface area contributed by atoms with Gasteiger partial charge in [-0.1, -0.05) is 18.2 Å². The van der Waals surface area contributed by atoms with Gasteiger partial charge in [-0.05, 0) is 55.7 Å². The van der Waals surface area contributed by atoms with Crippen LogP contribution in [0, 0.1) is 13.8 Å². The maximum Gasteiger partial charge on any atom is 0.224 e. The smallest absolute Gasteiger partial charge is 0.224 e. The number of aromatic nitrogens is 1. The van der Waals surface area contributed by atoms with Crippen molar-refractivity contribution < 1.29 is 9.21 Å². The summed E-state index contributed by atoms with van der Waals surface area (Å²) < 4.78 is 5.65. The van der Waals surface area contributed by atoms with E-state index >= 15 is 0 Å². The first kappa shape index (κ1) is 15.3. The minimum absolute atomic E-state index is 0.0179. The van der Waals surface area contributed by atoms with Crippen molar-refractivity contribution in [3.8, 4) is 0 Å². The van der Waals surface area contributed by atoms with E-state index < -0.39 is 0 Å². The summed E-state index contributed by atoms with van der Waals surface area (Å²) in [6, 6.07) is 13.6. The molecule has 0 radical (unpaired) electrons. The maximum absolute atomic E-state index is 12.0. The molecule has 0 aliphatic carbocycles. The van der Waals surface area contributed by atoms with E-state index in [9.17, 15) is 4.79 Å². The van der Waals surface area contributed by atoms with E-state index in [-0.39, 0.29) is 5.91 Å². The van der Waals surface area contributed by atoms with Crippen molar-refractivity contribution in [2.45, 2.75) is 33.1 Å². The minimum atomic E-state index is 0.0179. The van der Waals surface area contributed by atoms with E-state index in [0.717, 1.165) is 16.8 Å². The molecule has 0 fully saturated rings. The Bertz CT molecular complexity index is 803. The standard InChI is InChI=1S/C19H20N2O2/c1-13-10-11-15(12-14(13)2)20-18(22)8-5-9-19-21-16-6-3-4-7-17(16)23-19/h3-4,6-7,10-12H,5,8-9H2,1-2H3,(H,20,22). The average Bonchev–Trinajstić information content (AvgIpc) is 2.93. The first-order valence-corrected chi connectivity index (χ1v) is 7.83. The second-order valence-electron chi connectivity index (χ2n) is 5.78. The zero-order chi connectivity index (χ0) is 16.2. The van der Waals surface area contributed by atoms with Gasteiger partial charge in [-0.3, -0.25) is 4.79 Å². The zero-order valence-electron chi connectivity index (χ0n) is 13.4. The summed E-state index contributed by atoms with van der Waals surface area (Å²) >= 11 is 0. The van der Waals surface area contributed by atoms with Crippen LogP contribution in [0.3, 0.4) is 0 Å². The summed E-state index contributed by atoms with van der Waals surface area (Å²) in [6.07, 6.45) is 1.82. The molecule has 4 heteroatoms. The molecule has 1 aromatic heterocycles. The van der Waals surface area contributed by atoms with Gasteiger partial charge in [0.25, 0.3) is 0 Å². The Morgan fingerprint density at radius 1 is 1.13 bits per heavy atom. The Hall–Kier alpha value is -2.62. The number of nitrogens with zero attached hydrogens (tertiary/aromatic N) is 1. The molecule has 4 nitrogen and oxygen atoms in total. The number of carbonyl (C=O) groups excluding carboxylic acids is 1. The third-order valence-electron chi connectivity index (χ3n) is 3.92. The molecule has 23 heavy (non-hydrogen) atoms. The Kier molecular flexibility index (Phi) is 4.42. The van der Waals surface area contributed by atoms with Gasteiger partial charge in [0.2, 0.25) is 5.91 Å². The van der Waals surface area contributed by atoms with Crippen molar-refractivity contribution in [3.05, 3.63) is 59.5 Å². The molecule has 0 aliphatic rings. The second kappa shape index (κ2) is 6.65. The Balaban J connectivity index is 1.51. The third-order valence-corrected chi connectivity index (χ3v) is 3.92. The predicted molar refractivity (Wildman–Crippen MR) is 91.5 cm³/mol.